The topological polar surface area (TPSA) is 61.4 Å². The summed E-state index contributed by atoms with van der Waals surface area (Å²) < 4.78 is 0. The Kier molecular flexibility index (Phi) is 4.28. The zero-order chi connectivity index (χ0) is 14.9. The van der Waals surface area contributed by atoms with Gasteiger partial charge < -0.3 is 15.7 Å². The highest BCUT2D eigenvalue weighted by Gasteiger charge is 2.50. The van der Waals surface area contributed by atoms with Crippen LogP contribution in [0.1, 0.15) is 58.3 Å². The second-order valence-corrected chi connectivity index (χ2v) is 7.83. The van der Waals surface area contributed by atoms with E-state index in [0.717, 1.165) is 38.8 Å². The Balaban J connectivity index is 1.63. The Morgan fingerprint density at radius 3 is 2.81 bits per heavy atom. The van der Waals surface area contributed by atoms with Crippen molar-refractivity contribution in [2.45, 2.75) is 64.4 Å². The van der Waals surface area contributed by atoms with Crippen LogP contribution < -0.4 is 10.6 Å². The van der Waals surface area contributed by atoms with Crippen LogP contribution in [0.15, 0.2) is 0 Å². The van der Waals surface area contributed by atoms with Gasteiger partial charge in [0.15, 0.2) is 0 Å². The smallest absolute Gasteiger partial charge is 0.227 e. The second kappa shape index (κ2) is 5.88. The van der Waals surface area contributed by atoms with Crippen molar-refractivity contribution in [3.05, 3.63) is 0 Å². The zero-order valence-electron chi connectivity index (χ0n) is 13.3. The predicted octanol–water partition coefficient (Wildman–Crippen LogP) is 1.82. The molecule has 4 heteroatoms. The van der Waals surface area contributed by atoms with Gasteiger partial charge >= 0.3 is 0 Å². The second-order valence-electron chi connectivity index (χ2n) is 7.83. The molecule has 3 N–H and O–H groups in total. The molecule has 0 aromatic carbocycles. The number of aliphatic hydroxyl groups is 1. The number of aliphatic hydroxyl groups excluding tert-OH is 1. The molecule has 4 nitrogen and oxygen atoms in total. The first kappa shape index (κ1) is 15.3. The van der Waals surface area contributed by atoms with Crippen molar-refractivity contribution in [2.24, 2.45) is 16.7 Å². The third-order valence-corrected chi connectivity index (χ3v) is 6.42. The van der Waals surface area contributed by atoms with E-state index in [1.807, 2.05) is 0 Å². The van der Waals surface area contributed by atoms with Gasteiger partial charge in [-0.15, -0.1) is 0 Å². The van der Waals surface area contributed by atoms with E-state index in [0.29, 0.717) is 12.5 Å². The molecule has 4 atom stereocenters. The lowest BCUT2D eigenvalue weighted by atomic mass is 9.67. The van der Waals surface area contributed by atoms with Crippen LogP contribution in [0.3, 0.4) is 0 Å². The first-order chi connectivity index (χ1) is 10.1. The Labute approximate surface area is 128 Å². The lowest BCUT2D eigenvalue weighted by molar-refractivity contribution is -0.135. The molecular formula is C17H30N2O2. The van der Waals surface area contributed by atoms with Crippen LogP contribution in [0, 0.1) is 16.7 Å². The van der Waals surface area contributed by atoms with Crippen molar-refractivity contribution < 1.29 is 9.90 Å². The normalized spacial score (nSPS) is 43.3. The molecule has 1 saturated heterocycles. The molecule has 0 bridgehead atoms. The summed E-state index contributed by atoms with van der Waals surface area (Å²) in [6, 6.07) is 0. The van der Waals surface area contributed by atoms with Gasteiger partial charge in [0.1, 0.15) is 0 Å². The molecule has 2 unspecified atom stereocenters. The van der Waals surface area contributed by atoms with E-state index in [4.69, 9.17) is 0 Å². The Morgan fingerprint density at radius 1 is 1.24 bits per heavy atom. The number of fused-ring (bicyclic) bond motifs is 1. The molecule has 0 aromatic rings. The molecule has 0 radical (unpaired) electrons. The summed E-state index contributed by atoms with van der Waals surface area (Å²) in [4.78, 5) is 12.9. The van der Waals surface area contributed by atoms with Crippen molar-refractivity contribution in [1.29, 1.82) is 0 Å². The fourth-order valence-corrected chi connectivity index (χ4v) is 4.74. The summed E-state index contributed by atoms with van der Waals surface area (Å²) in [6.07, 6.45) is 8.54. The van der Waals surface area contributed by atoms with Gasteiger partial charge in [-0.2, -0.15) is 0 Å². The third kappa shape index (κ3) is 2.72. The van der Waals surface area contributed by atoms with Gasteiger partial charge in [-0.3, -0.25) is 4.79 Å². The fraction of sp³-hybridized carbons (Fsp3) is 0.941. The van der Waals surface area contributed by atoms with Crippen molar-refractivity contribution in [3.8, 4) is 0 Å². The molecule has 1 amide bonds. The van der Waals surface area contributed by atoms with Crippen LogP contribution in [-0.2, 0) is 4.79 Å². The molecule has 3 aliphatic rings. The van der Waals surface area contributed by atoms with E-state index in [-0.39, 0.29) is 22.8 Å². The Bertz CT molecular complexity index is 400. The number of hydrogen-bond acceptors (Lipinski definition) is 3. The number of hydrogen-bond donors (Lipinski definition) is 3. The van der Waals surface area contributed by atoms with Crippen LogP contribution in [0.25, 0.3) is 0 Å². The average molecular weight is 294 g/mol. The molecule has 2 aliphatic carbocycles. The minimum Gasteiger partial charge on any atom is -0.392 e. The zero-order valence-corrected chi connectivity index (χ0v) is 13.3. The Hall–Kier alpha value is -0.610. The number of carbonyl (C=O) groups is 1. The van der Waals surface area contributed by atoms with Crippen molar-refractivity contribution >= 4 is 5.91 Å². The van der Waals surface area contributed by atoms with E-state index in [1.54, 1.807) is 0 Å². The van der Waals surface area contributed by atoms with Gasteiger partial charge in [0.05, 0.1) is 11.5 Å². The lowest BCUT2D eigenvalue weighted by Gasteiger charge is -2.41. The standard InChI is InChI=1S/C17H30N2O2/c1-16(8-4-3-7-14(16)20)11-19-15(21)17-9-5-2-6-13(17)10-18-12-17/h13-14,18,20H,2-12H2,1H3,(H,19,21)/t13-,14?,16?,17+/m0/s1. The molecule has 1 heterocycles. The summed E-state index contributed by atoms with van der Waals surface area (Å²) >= 11 is 0. The van der Waals surface area contributed by atoms with Gasteiger partial charge in [-0.1, -0.05) is 32.6 Å². The van der Waals surface area contributed by atoms with E-state index in [2.05, 4.69) is 17.6 Å². The molecule has 120 valence electrons. The van der Waals surface area contributed by atoms with Gasteiger partial charge in [0.25, 0.3) is 0 Å². The SMILES string of the molecule is CC1(CNC(=O)[C@@]23CCCC[C@H]2CNC3)CCCCC1O. The first-order valence-electron chi connectivity index (χ1n) is 8.74. The maximum Gasteiger partial charge on any atom is 0.227 e. The van der Waals surface area contributed by atoms with Crippen LogP contribution in [0.2, 0.25) is 0 Å². The first-order valence-corrected chi connectivity index (χ1v) is 8.74. The molecular weight excluding hydrogens is 264 g/mol. The highest BCUT2D eigenvalue weighted by Crippen LogP contribution is 2.44. The van der Waals surface area contributed by atoms with Crippen LogP contribution in [-0.4, -0.2) is 36.8 Å². The van der Waals surface area contributed by atoms with Gasteiger partial charge in [-0.05, 0) is 38.1 Å². The van der Waals surface area contributed by atoms with E-state index < -0.39 is 0 Å². The minimum atomic E-state index is -0.270. The van der Waals surface area contributed by atoms with Gasteiger partial charge in [0.2, 0.25) is 5.91 Å². The minimum absolute atomic E-state index is 0.138. The highest BCUT2D eigenvalue weighted by molar-refractivity contribution is 5.84. The Morgan fingerprint density at radius 2 is 2.00 bits per heavy atom. The lowest BCUT2D eigenvalue weighted by Crippen LogP contribution is -2.52. The van der Waals surface area contributed by atoms with Crippen LogP contribution >= 0.6 is 0 Å². The molecule has 1 aliphatic heterocycles. The predicted molar refractivity (Wildman–Crippen MR) is 82.9 cm³/mol. The summed E-state index contributed by atoms with van der Waals surface area (Å²) in [7, 11) is 0. The number of amides is 1. The monoisotopic (exact) mass is 294 g/mol. The third-order valence-electron chi connectivity index (χ3n) is 6.42. The summed E-state index contributed by atoms with van der Waals surface area (Å²) in [5, 5.41) is 16.9. The van der Waals surface area contributed by atoms with Crippen LogP contribution in [0.4, 0.5) is 0 Å². The maximum absolute atomic E-state index is 12.9. The van der Waals surface area contributed by atoms with Crippen LogP contribution in [0.5, 0.6) is 0 Å². The molecule has 3 fully saturated rings. The quantitative estimate of drug-likeness (QED) is 0.744. The molecule has 0 aromatic heterocycles. The molecule has 21 heavy (non-hydrogen) atoms. The molecule has 3 rings (SSSR count). The van der Waals surface area contributed by atoms with Crippen molar-refractivity contribution in [2.75, 3.05) is 19.6 Å². The largest absolute Gasteiger partial charge is 0.392 e. The average Bonchev–Trinajstić information content (AvgIpc) is 2.93. The van der Waals surface area contributed by atoms with Gasteiger partial charge in [-0.25, -0.2) is 0 Å². The van der Waals surface area contributed by atoms with Crippen molar-refractivity contribution in [1.82, 2.24) is 10.6 Å². The molecule has 2 saturated carbocycles. The summed E-state index contributed by atoms with van der Waals surface area (Å²) in [5.41, 5.74) is -0.311. The number of carbonyl (C=O) groups excluding carboxylic acids is 1. The summed E-state index contributed by atoms with van der Waals surface area (Å²) in [6.45, 7) is 4.58. The highest BCUT2D eigenvalue weighted by atomic mass is 16.3. The number of nitrogens with one attached hydrogen (secondary N) is 2. The molecule has 0 spiro atoms. The van der Waals surface area contributed by atoms with E-state index in [1.165, 1.54) is 25.7 Å². The van der Waals surface area contributed by atoms with Gasteiger partial charge in [0, 0.05) is 18.5 Å². The summed E-state index contributed by atoms with van der Waals surface area (Å²) in [5.74, 6) is 0.742. The maximum atomic E-state index is 12.9. The number of rotatable bonds is 3. The van der Waals surface area contributed by atoms with E-state index >= 15 is 0 Å². The van der Waals surface area contributed by atoms with Crippen molar-refractivity contribution in [3.63, 3.8) is 0 Å². The fourth-order valence-electron chi connectivity index (χ4n) is 4.74. The van der Waals surface area contributed by atoms with E-state index in [9.17, 15) is 9.90 Å².